The molecule has 0 saturated carbocycles. The van der Waals surface area contributed by atoms with Crippen LogP contribution in [0.15, 0.2) is 12.2 Å². The minimum Gasteiger partial charge on any atom is -0.353 e. The number of nitrogens with one attached hydrogen (secondary N) is 1. The second-order valence-electron chi connectivity index (χ2n) is 2.16. The number of allylic oxidation sites excluding steroid dienone is 1. The molecule has 0 aliphatic carbocycles. The van der Waals surface area contributed by atoms with Crippen LogP contribution in [0.1, 0.15) is 20.3 Å². The van der Waals surface area contributed by atoms with Gasteiger partial charge in [0.2, 0.25) is 5.91 Å². The summed E-state index contributed by atoms with van der Waals surface area (Å²) in [5.41, 5.74) is 0. The van der Waals surface area contributed by atoms with Crippen LogP contribution in [0.4, 0.5) is 0 Å². The summed E-state index contributed by atoms with van der Waals surface area (Å²) in [6.07, 6.45) is 3.64. The van der Waals surface area contributed by atoms with E-state index in [-0.39, 0.29) is 11.7 Å². The van der Waals surface area contributed by atoms with E-state index in [0.29, 0.717) is 13.0 Å². The Morgan fingerprint density at radius 3 is 2.55 bits per heavy atom. The predicted octanol–water partition coefficient (Wildman–Crippen LogP) is 0.658. The minimum absolute atomic E-state index is 0.0790. The van der Waals surface area contributed by atoms with E-state index in [9.17, 15) is 9.59 Å². The number of hydrogen-bond donors (Lipinski definition) is 1. The zero-order chi connectivity index (χ0) is 8.69. The summed E-state index contributed by atoms with van der Waals surface area (Å²) in [5, 5.41) is 2.55. The van der Waals surface area contributed by atoms with Crippen molar-refractivity contribution in [3.05, 3.63) is 12.2 Å². The first kappa shape index (κ1) is 9.88. The van der Waals surface area contributed by atoms with Crippen LogP contribution in [0.5, 0.6) is 0 Å². The molecular formula is C8H13NO2. The first-order chi connectivity index (χ1) is 5.16. The molecule has 0 radical (unpaired) electrons. The van der Waals surface area contributed by atoms with Crippen molar-refractivity contribution in [1.82, 2.24) is 5.32 Å². The fraction of sp³-hybridized carbons (Fsp3) is 0.500. The number of rotatable bonds is 4. The Balaban J connectivity index is 3.45. The van der Waals surface area contributed by atoms with Gasteiger partial charge in [-0.25, -0.2) is 0 Å². The van der Waals surface area contributed by atoms with Gasteiger partial charge in [-0.1, -0.05) is 13.0 Å². The molecule has 0 fully saturated rings. The van der Waals surface area contributed by atoms with Gasteiger partial charge in [0.25, 0.3) is 0 Å². The number of hydrogen-bond acceptors (Lipinski definition) is 2. The largest absolute Gasteiger partial charge is 0.353 e. The molecule has 11 heavy (non-hydrogen) atoms. The molecule has 0 aliphatic heterocycles. The van der Waals surface area contributed by atoms with Crippen molar-refractivity contribution in [2.45, 2.75) is 20.3 Å². The number of carbonyl (C=O) groups excluding carboxylic acids is 2. The molecule has 0 rings (SSSR count). The lowest BCUT2D eigenvalue weighted by molar-refractivity contribution is -0.119. The summed E-state index contributed by atoms with van der Waals surface area (Å²) in [6.45, 7) is 3.67. The minimum atomic E-state index is -0.0846. The number of carbonyl (C=O) groups is 2. The molecular weight excluding hydrogens is 142 g/mol. The van der Waals surface area contributed by atoms with Gasteiger partial charge in [0.1, 0.15) is 0 Å². The molecule has 3 heteroatoms. The van der Waals surface area contributed by atoms with Crippen LogP contribution >= 0.6 is 0 Å². The maximum atomic E-state index is 10.7. The van der Waals surface area contributed by atoms with Crippen LogP contribution in [0.25, 0.3) is 0 Å². The molecule has 0 heterocycles. The van der Waals surface area contributed by atoms with E-state index >= 15 is 0 Å². The topological polar surface area (TPSA) is 46.2 Å². The van der Waals surface area contributed by atoms with Gasteiger partial charge in [-0.15, -0.1) is 0 Å². The van der Waals surface area contributed by atoms with Crippen LogP contribution in [0, 0.1) is 0 Å². The summed E-state index contributed by atoms with van der Waals surface area (Å²) >= 11 is 0. The Morgan fingerprint density at radius 2 is 2.09 bits per heavy atom. The van der Waals surface area contributed by atoms with Crippen LogP contribution in [-0.4, -0.2) is 18.2 Å². The standard InChI is InChI=1S/C8H13NO2/c1-3-8(11)5-4-6-9-7(2)10/h4-5H,3,6H2,1-2H3,(H,9,10)/b5-4+. The third-order valence-electron chi connectivity index (χ3n) is 1.12. The van der Waals surface area contributed by atoms with Gasteiger partial charge in [-0.2, -0.15) is 0 Å². The molecule has 1 amide bonds. The van der Waals surface area contributed by atoms with E-state index in [2.05, 4.69) is 5.32 Å². The van der Waals surface area contributed by atoms with Gasteiger partial charge < -0.3 is 5.32 Å². The van der Waals surface area contributed by atoms with E-state index in [0.717, 1.165) is 0 Å². The predicted molar refractivity (Wildman–Crippen MR) is 43.1 cm³/mol. The lowest BCUT2D eigenvalue weighted by Gasteiger charge is -1.93. The molecule has 0 atom stereocenters. The molecule has 0 aliphatic rings. The van der Waals surface area contributed by atoms with Crippen molar-refractivity contribution in [1.29, 1.82) is 0 Å². The van der Waals surface area contributed by atoms with Gasteiger partial charge in [-0.3, -0.25) is 9.59 Å². The Hall–Kier alpha value is -1.12. The maximum Gasteiger partial charge on any atom is 0.217 e. The summed E-state index contributed by atoms with van der Waals surface area (Å²) in [6, 6.07) is 0. The second kappa shape index (κ2) is 5.65. The first-order valence-electron chi connectivity index (χ1n) is 3.60. The molecule has 0 bridgehead atoms. The average Bonchev–Trinajstić information content (AvgIpc) is 1.97. The normalized spacial score (nSPS) is 10.0. The molecule has 0 aromatic carbocycles. The zero-order valence-corrected chi connectivity index (χ0v) is 6.89. The third-order valence-corrected chi connectivity index (χ3v) is 1.12. The maximum absolute atomic E-state index is 10.7. The Kier molecular flexibility index (Phi) is 5.07. The van der Waals surface area contributed by atoms with Crippen LogP contribution in [-0.2, 0) is 9.59 Å². The van der Waals surface area contributed by atoms with E-state index in [1.54, 1.807) is 13.0 Å². The molecule has 0 saturated heterocycles. The molecule has 0 aromatic rings. The average molecular weight is 155 g/mol. The van der Waals surface area contributed by atoms with Crippen molar-refractivity contribution in [3.63, 3.8) is 0 Å². The Bertz CT molecular complexity index is 173. The number of amides is 1. The van der Waals surface area contributed by atoms with Crippen molar-refractivity contribution < 1.29 is 9.59 Å². The van der Waals surface area contributed by atoms with Gasteiger partial charge in [0.05, 0.1) is 0 Å². The summed E-state index contributed by atoms with van der Waals surface area (Å²) in [4.78, 5) is 21.0. The van der Waals surface area contributed by atoms with E-state index in [4.69, 9.17) is 0 Å². The monoisotopic (exact) mass is 155 g/mol. The van der Waals surface area contributed by atoms with Crippen LogP contribution in [0.3, 0.4) is 0 Å². The zero-order valence-electron chi connectivity index (χ0n) is 6.89. The van der Waals surface area contributed by atoms with E-state index < -0.39 is 0 Å². The lowest BCUT2D eigenvalue weighted by Crippen LogP contribution is -2.19. The Morgan fingerprint density at radius 1 is 1.45 bits per heavy atom. The highest BCUT2D eigenvalue weighted by molar-refractivity contribution is 5.89. The van der Waals surface area contributed by atoms with Gasteiger partial charge in [0, 0.05) is 19.9 Å². The molecule has 0 aromatic heterocycles. The molecule has 62 valence electrons. The fourth-order valence-electron chi connectivity index (χ4n) is 0.511. The molecule has 0 spiro atoms. The van der Waals surface area contributed by atoms with E-state index in [1.807, 2.05) is 0 Å². The van der Waals surface area contributed by atoms with Gasteiger partial charge in [-0.05, 0) is 6.08 Å². The first-order valence-corrected chi connectivity index (χ1v) is 3.60. The van der Waals surface area contributed by atoms with Crippen molar-refractivity contribution in [2.24, 2.45) is 0 Å². The highest BCUT2D eigenvalue weighted by Gasteiger charge is 1.88. The second-order valence-corrected chi connectivity index (χ2v) is 2.16. The van der Waals surface area contributed by atoms with Crippen LogP contribution < -0.4 is 5.32 Å². The summed E-state index contributed by atoms with van der Waals surface area (Å²) in [5.74, 6) is -0.00560. The summed E-state index contributed by atoms with van der Waals surface area (Å²) < 4.78 is 0. The van der Waals surface area contributed by atoms with Crippen molar-refractivity contribution >= 4 is 11.7 Å². The highest BCUT2D eigenvalue weighted by Crippen LogP contribution is 1.81. The molecule has 3 nitrogen and oxygen atoms in total. The van der Waals surface area contributed by atoms with Crippen molar-refractivity contribution in [3.8, 4) is 0 Å². The number of ketones is 1. The van der Waals surface area contributed by atoms with Gasteiger partial charge >= 0.3 is 0 Å². The molecule has 0 unspecified atom stereocenters. The molecule has 1 N–H and O–H groups in total. The van der Waals surface area contributed by atoms with Gasteiger partial charge in [0.15, 0.2) is 5.78 Å². The fourth-order valence-corrected chi connectivity index (χ4v) is 0.511. The van der Waals surface area contributed by atoms with Crippen LogP contribution in [0.2, 0.25) is 0 Å². The quantitative estimate of drug-likeness (QED) is 0.606. The van der Waals surface area contributed by atoms with E-state index in [1.165, 1.54) is 13.0 Å². The highest BCUT2D eigenvalue weighted by atomic mass is 16.1. The Labute approximate surface area is 66.5 Å². The SMILES string of the molecule is CCC(=O)/C=C/CNC(C)=O. The third kappa shape index (κ3) is 6.77. The smallest absolute Gasteiger partial charge is 0.217 e. The summed E-state index contributed by atoms with van der Waals surface area (Å²) in [7, 11) is 0. The van der Waals surface area contributed by atoms with Crippen molar-refractivity contribution in [2.75, 3.05) is 6.54 Å². The lowest BCUT2D eigenvalue weighted by atomic mass is 10.3.